The molecule has 0 radical (unpaired) electrons. The van der Waals surface area contributed by atoms with Crippen molar-refractivity contribution in [1.82, 2.24) is 15.1 Å². The lowest BCUT2D eigenvalue weighted by atomic mass is 10.2. The zero-order valence-corrected chi connectivity index (χ0v) is 19.8. The Morgan fingerprint density at radius 1 is 0.914 bits per heavy atom. The Balaban J connectivity index is 1.26. The van der Waals surface area contributed by atoms with E-state index in [9.17, 15) is 4.79 Å². The molecule has 2 N–H and O–H groups in total. The second kappa shape index (κ2) is 12.4. The molecule has 7 nitrogen and oxygen atoms in total. The Bertz CT molecular complexity index is 1210. The van der Waals surface area contributed by atoms with Crippen molar-refractivity contribution in [3.63, 3.8) is 0 Å². The fourth-order valence-electron chi connectivity index (χ4n) is 3.59. The molecule has 0 aliphatic heterocycles. The fourth-order valence-corrected chi connectivity index (χ4v) is 3.59. The predicted octanol–water partition coefficient (Wildman–Crippen LogP) is 4.62. The predicted molar refractivity (Wildman–Crippen MR) is 137 cm³/mol. The number of hydrogen-bond donors (Lipinski definition) is 2. The van der Waals surface area contributed by atoms with Gasteiger partial charge in [-0.3, -0.25) is 4.79 Å². The number of amides is 1. The van der Waals surface area contributed by atoms with Crippen LogP contribution < -0.4 is 20.1 Å². The molecule has 0 aliphatic carbocycles. The third kappa shape index (κ3) is 7.19. The van der Waals surface area contributed by atoms with Gasteiger partial charge in [0.1, 0.15) is 0 Å². The summed E-state index contributed by atoms with van der Waals surface area (Å²) in [5.41, 5.74) is 4.04. The lowest BCUT2D eigenvalue weighted by Crippen LogP contribution is -2.20. The third-order valence-corrected chi connectivity index (χ3v) is 5.30. The van der Waals surface area contributed by atoms with Gasteiger partial charge in [0.05, 0.1) is 18.5 Å². The van der Waals surface area contributed by atoms with E-state index in [1.54, 1.807) is 0 Å². The van der Waals surface area contributed by atoms with Gasteiger partial charge in [-0.25, -0.2) is 4.68 Å². The number of nitrogens with one attached hydrogen (secondary N) is 2. The molecule has 0 saturated carbocycles. The lowest BCUT2D eigenvalue weighted by Gasteiger charge is -2.14. The third-order valence-electron chi connectivity index (χ3n) is 5.30. The molecule has 0 fully saturated rings. The van der Waals surface area contributed by atoms with Crippen LogP contribution >= 0.6 is 0 Å². The van der Waals surface area contributed by atoms with Crippen molar-refractivity contribution in [2.24, 2.45) is 0 Å². The van der Waals surface area contributed by atoms with Crippen molar-refractivity contribution in [1.29, 1.82) is 0 Å². The maximum absolute atomic E-state index is 12.2. The first kappa shape index (κ1) is 24.0. The second-order valence-corrected chi connectivity index (χ2v) is 7.97. The molecule has 3 aromatic carbocycles. The fraction of sp³-hybridized carbons (Fsp3) is 0.214. The summed E-state index contributed by atoms with van der Waals surface area (Å²) in [5, 5.41) is 10.7. The Hall–Kier alpha value is -4.10. The van der Waals surface area contributed by atoms with Gasteiger partial charge < -0.3 is 20.1 Å². The number of aromatic nitrogens is 2. The summed E-state index contributed by atoms with van der Waals surface area (Å²) in [6.07, 6.45) is 4.84. The molecule has 7 heteroatoms. The van der Waals surface area contributed by atoms with Crippen molar-refractivity contribution in [2.75, 3.05) is 25.1 Å². The maximum atomic E-state index is 12.2. The van der Waals surface area contributed by atoms with E-state index in [0.717, 1.165) is 29.9 Å². The zero-order valence-electron chi connectivity index (χ0n) is 19.8. The number of carbonyl (C=O) groups excluding carboxylic acids is 1. The highest BCUT2D eigenvalue weighted by Crippen LogP contribution is 2.28. The number of nitrogens with zero attached hydrogens (tertiary/aromatic N) is 2. The van der Waals surface area contributed by atoms with Crippen LogP contribution in [0.1, 0.15) is 18.1 Å². The summed E-state index contributed by atoms with van der Waals surface area (Å²) in [4.78, 5) is 12.2. The molecule has 0 spiro atoms. The highest BCUT2D eigenvalue weighted by molar-refractivity contribution is 5.91. The van der Waals surface area contributed by atoms with Gasteiger partial charge >= 0.3 is 0 Å². The molecule has 0 aliphatic rings. The number of benzene rings is 3. The number of carbonyl (C=O) groups is 1. The minimum absolute atomic E-state index is 0.0940. The van der Waals surface area contributed by atoms with Gasteiger partial charge in [0.15, 0.2) is 18.1 Å². The van der Waals surface area contributed by atoms with Gasteiger partial charge in [-0.05, 0) is 67.4 Å². The minimum atomic E-state index is -0.222. The first-order valence-electron chi connectivity index (χ1n) is 11.7. The van der Waals surface area contributed by atoms with E-state index < -0.39 is 0 Å². The Morgan fingerprint density at radius 2 is 1.69 bits per heavy atom. The SMILES string of the molecule is CCOc1cc(CNCCc2cnn(-c3ccccc3)c2)ccc1OCC(=O)Nc1ccccc1. The first-order valence-corrected chi connectivity index (χ1v) is 11.7. The molecule has 1 heterocycles. The van der Waals surface area contributed by atoms with Crippen LogP contribution in [0.25, 0.3) is 5.69 Å². The van der Waals surface area contributed by atoms with Gasteiger partial charge in [0.2, 0.25) is 0 Å². The van der Waals surface area contributed by atoms with Crippen LogP contribution in [0, 0.1) is 0 Å². The molecule has 1 aromatic heterocycles. The van der Waals surface area contributed by atoms with E-state index in [1.165, 1.54) is 5.56 Å². The van der Waals surface area contributed by atoms with E-state index in [4.69, 9.17) is 9.47 Å². The summed E-state index contributed by atoms with van der Waals surface area (Å²) in [7, 11) is 0. The van der Waals surface area contributed by atoms with Crippen LogP contribution in [-0.4, -0.2) is 35.4 Å². The van der Waals surface area contributed by atoms with Crippen LogP contribution in [-0.2, 0) is 17.8 Å². The van der Waals surface area contributed by atoms with Gasteiger partial charge in [-0.2, -0.15) is 5.10 Å². The molecule has 35 heavy (non-hydrogen) atoms. The zero-order chi connectivity index (χ0) is 24.3. The van der Waals surface area contributed by atoms with E-state index in [1.807, 2.05) is 96.7 Å². The van der Waals surface area contributed by atoms with Gasteiger partial charge in [-0.1, -0.05) is 42.5 Å². The topological polar surface area (TPSA) is 77.4 Å². The van der Waals surface area contributed by atoms with E-state index in [-0.39, 0.29) is 12.5 Å². The standard InChI is InChI=1S/C28H30N4O3/c1-2-34-27-17-22(13-14-26(27)35-21-28(33)31-24-9-5-3-6-10-24)18-29-16-15-23-19-30-32(20-23)25-11-7-4-8-12-25/h3-14,17,19-20,29H,2,15-16,18,21H2,1H3,(H,31,33). The van der Waals surface area contributed by atoms with Gasteiger partial charge in [-0.15, -0.1) is 0 Å². The maximum Gasteiger partial charge on any atom is 0.262 e. The molecule has 4 rings (SSSR count). The van der Waals surface area contributed by atoms with Crippen LogP contribution in [0.3, 0.4) is 0 Å². The molecule has 0 unspecified atom stereocenters. The Kier molecular flexibility index (Phi) is 8.51. The molecule has 0 atom stereocenters. The van der Waals surface area contributed by atoms with Crippen LogP contribution in [0.4, 0.5) is 5.69 Å². The monoisotopic (exact) mass is 470 g/mol. The van der Waals surface area contributed by atoms with Gasteiger partial charge in [0.25, 0.3) is 5.91 Å². The highest BCUT2D eigenvalue weighted by Gasteiger charge is 2.10. The molecular weight excluding hydrogens is 440 g/mol. The first-order chi connectivity index (χ1) is 17.2. The molecule has 0 bridgehead atoms. The quantitative estimate of drug-likeness (QED) is 0.296. The van der Waals surface area contributed by atoms with Crippen molar-refractivity contribution in [3.8, 4) is 17.2 Å². The number of ether oxygens (including phenoxy) is 2. The summed E-state index contributed by atoms with van der Waals surface area (Å²) in [6, 6.07) is 25.2. The molecule has 1 amide bonds. The Morgan fingerprint density at radius 3 is 2.46 bits per heavy atom. The average Bonchev–Trinajstić information content (AvgIpc) is 3.36. The van der Waals surface area contributed by atoms with E-state index in [2.05, 4.69) is 21.9 Å². The molecule has 4 aromatic rings. The average molecular weight is 471 g/mol. The van der Waals surface area contributed by atoms with Crippen LogP contribution in [0.15, 0.2) is 91.3 Å². The summed E-state index contributed by atoms with van der Waals surface area (Å²) >= 11 is 0. The van der Waals surface area contributed by atoms with E-state index in [0.29, 0.717) is 24.7 Å². The lowest BCUT2D eigenvalue weighted by molar-refractivity contribution is -0.118. The van der Waals surface area contributed by atoms with Crippen molar-refractivity contribution in [2.45, 2.75) is 19.9 Å². The van der Waals surface area contributed by atoms with Crippen LogP contribution in [0.5, 0.6) is 11.5 Å². The van der Waals surface area contributed by atoms with E-state index >= 15 is 0 Å². The smallest absolute Gasteiger partial charge is 0.262 e. The molecule has 180 valence electrons. The van der Waals surface area contributed by atoms with Crippen molar-refractivity contribution in [3.05, 3.63) is 102 Å². The van der Waals surface area contributed by atoms with Gasteiger partial charge in [0, 0.05) is 18.4 Å². The van der Waals surface area contributed by atoms with Crippen molar-refractivity contribution >= 4 is 11.6 Å². The number of hydrogen-bond acceptors (Lipinski definition) is 5. The minimum Gasteiger partial charge on any atom is -0.490 e. The number of para-hydroxylation sites is 2. The van der Waals surface area contributed by atoms with Crippen LogP contribution in [0.2, 0.25) is 0 Å². The molecular formula is C28H30N4O3. The second-order valence-electron chi connectivity index (χ2n) is 7.97. The molecule has 0 saturated heterocycles. The summed E-state index contributed by atoms with van der Waals surface area (Å²) in [6.45, 7) is 3.86. The summed E-state index contributed by atoms with van der Waals surface area (Å²) < 4.78 is 13.4. The normalized spacial score (nSPS) is 10.7. The Labute approximate surface area is 205 Å². The largest absolute Gasteiger partial charge is 0.490 e. The summed E-state index contributed by atoms with van der Waals surface area (Å²) in [5.74, 6) is 0.954. The van der Waals surface area contributed by atoms with Crippen molar-refractivity contribution < 1.29 is 14.3 Å². The number of rotatable bonds is 12. The number of anilines is 1. The highest BCUT2D eigenvalue weighted by atomic mass is 16.5.